The quantitative estimate of drug-likeness (QED) is 0.816. The largest absolute Gasteiger partial charge is 0.493 e. The lowest BCUT2D eigenvalue weighted by Crippen LogP contribution is -2.41. The number of rotatable bonds is 7. The number of aliphatic hydroxyl groups excluding tert-OH is 1. The average Bonchev–Trinajstić information content (AvgIpc) is 2.53. The molecule has 1 unspecified atom stereocenters. The molecule has 1 fully saturated rings. The van der Waals surface area contributed by atoms with E-state index < -0.39 is 11.7 Å². The Bertz CT molecular complexity index is 419. The lowest BCUT2D eigenvalue weighted by atomic mass is 9.78. The van der Waals surface area contributed by atoms with Crippen LogP contribution in [0.2, 0.25) is 0 Å². The van der Waals surface area contributed by atoms with E-state index in [9.17, 15) is 5.11 Å². The van der Waals surface area contributed by atoms with Crippen LogP contribution < -0.4 is 4.74 Å². The molecule has 2 rings (SSSR count). The van der Waals surface area contributed by atoms with Crippen molar-refractivity contribution in [3.05, 3.63) is 29.8 Å². The van der Waals surface area contributed by atoms with E-state index in [2.05, 4.69) is 6.92 Å². The maximum atomic E-state index is 11.0. The fraction of sp³-hybridized carbons (Fsp3) is 0.667. The van der Waals surface area contributed by atoms with Crippen LogP contribution >= 0.6 is 0 Å². The molecule has 21 heavy (non-hydrogen) atoms. The normalized spacial score (nSPS) is 19.2. The molecule has 0 bridgehead atoms. The van der Waals surface area contributed by atoms with Crippen molar-refractivity contribution in [2.75, 3.05) is 13.2 Å². The van der Waals surface area contributed by atoms with Crippen molar-refractivity contribution in [2.45, 2.75) is 64.1 Å². The molecule has 1 aromatic rings. The zero-order valence-electron chi connectivity index (χ0n) is 13.3. The first kappa shape index (κ1) is 16.3. The van der Waals surface area contributed by atoms with Crippen LogP contribution in [0.15, 0.2) is 24.3 Å². The molecule has 118 valence electrons. The van der Waals surface area contributed by atoms with Gasteiger partial charge in [-0.05, 0) is 32.3 Å². The first-order chi connectivity index (χ1) is 10.2. The summed E-state index contributed by atoms with van der Waals surface area (Å²) in [5.41, 5.74) is 0.417. The third-order valence-electron chi connectivity index (χ3n) is 4.31. The third kappa shape index (κ3) is 3.78. The van der Waals surface area contributed by atoms with Gasteiger partial charge >= 0.3 is 0 Å². The molecule has 0 amide bonds. The minimum atomic E-state index is -0.620. The Morgan fingerprint density at radius 3 is 2.52 bits per heavy atom. The van der Waals surface area contributed by atoms with Crippen molar-refractivity contribution in [2.24, 2.45) is 0 Å². The molecule has 1 aliphatic rings. The molecule has 0 radical (unpaired) electrons. The Balaban J connectivity index is 2.25. The molecule has 0 spiro atoms. The Kier molecular flexibility index (Phi) is 6.07. The van der Waals surface area contributed by atoms with Gasteiger partial charge in [0.2, 0.25) is 0 Å². The highest BCUT2D eigenvalue weighted by molar-refractivity contribution is 5.36. The first-order valence-electron chi connectivity index (χ1n) is 8.27. The molecule has 0 heterocycles. The topological polar surface area (TPSA) is 38.7 Å². The molecule has 1 aliphatic carbocycles. The molecule has 0 aliphatic heterocycles. The van der Waals surface area contributed by atoms with Gasteiger partial charge in [0.05, 0.1) is 12.2 Å². The van der Waals surface area contributed by atoms with Crippen molar-refractivity contribution in [3.63, 3.8) is 0 Å². The number of para-hydroxylation sites is 1. The second-order valence-corrected chi connectivity index (χ2v) is 5.85. The Hall–Kier alpha value is -1.06. The Morgan fingerprint density at radius 1 is 1.14 bits per heavy atom. The highest BCUT2D eigenvalue weighted by Crippen LogP contribution is 2.43. The van der Waals surface area contributed by atoms with Crippen LogP contribution in [0.25, 0.3) is 0 Å². The SMILES string of the molecule is CCCOc1ccccc1C(O)C1(OCC)CCCCC1. The summed E-state index contributed by atoms with van der Waals surface area (Å²) in [4.78, 5) is 0. The van der Waals surface area contributed by atoms with E-state index in [0.717, 1.165) is 43.4 Å². The number of benzene rings is 1. The van der Waals surface area contributed by atoms with Crippen molar-refractivity contribution in [1.29, 1.82) is 0 Å². The van der Waals surface area contributed by atoms with E-state index in [-0.39, 0.29) is 0 Å². The second kappa shape index (κ2) is 7.81. The van der Waals surface area contributed by atoms with E-state index in [1.165, 1.54) is 6.42 Å². The highest BCUT2D eigenvalue weighted by Gasteiger charge is 2.41. The number of hydrogen-bond donors (Lipinski definition) is 1. The second-order valence-electron chi connectivity index (χ2n) is 5.85. The van der Waals surface area contributed by atoms with Gasteiger partial charge in [0, 0.05) is 12.2 Å². The van der Waals surface area contributed by atoms with Gasteiger partial charge in [-0.15, -0.1) is 0 Å². The van der Waals surface area contributed by atoms with Gasteiger partial charge < -0.3 is 14.6 Å². The number of aliphatic hydroxyl groups is 1. The van der Waals surface area contributed by atoms with Gasteiger partial charge in [-0.2, -0.15) is 0 Å². The summed E-state index contributed by atoms with van der Waals surface area (Å²) in [6, 6.07) is 7.82. The molecule has 1 N–H and O–H groups in total. The summed E-state index contributed by atoms with van der Waals surface area (Å²) in [7, 11) is 0. The van der Waals surface area contributed by atoms with Gasteiger partial charge in [0.25, 0.3) is 0 Å². The van der Waals surface area contributed by atoms with Crippen LogP contribution in [0, 0.1) is 0 Å². The summed E-state index contributed by atoms with van der Waals surface area (Å²) in [5.74, 6) is 0.788. The fourth-order valence-electron chi connectivity index (χ4n) is 3.27. The van der Waals surface area contributed by atoms with Crippen molar-refractivity contribution >= 4 is 0 Å². The number of hydrogen-bond acceptors (Lipinski definition) is 3. The zero-order valence-corrected chi connectivity index (χ0v) is 13.3. The van der Waals surface area contributed by atoms with E-state index in [1.54, 1.807) is 0 Å². The lowest BCUT2D eigenvalue weighted by molar-refractivity contribution is -0.142. The monoisotopic (exact) mass is 292 g/mol. The average molecular weight is 292 g/mol. The summed E-state index contributed by atoms with van der Waals surface area (Å²) in [6.07, 6.45) is 5.65. The molecule has 0 aromatic heterocycles. The van der Waals surface area contributed by atoms with Crippen molar-refractivity contribution < 1.29 is 14.6 Å². The molecule has 1 atom stereocenters. The Morgan fingerprint density at radius 2 is 1.86 bits per heavy atom. The van der Waals surface area contributed by atoms with Gasteiger partial charge in [-0.3, -0.25) is 0 Å². The van der Waals surface area contributed by atoms with Crippen molar-refractivity contribution in [1.82, 2.24) is 0 Å². The summed E-state index contributed by atoms with van der Waals surface area (Å²) >= 11 is 0. The van der Waals surface area contributed by atoms with Crippen LogP contribution in [-0.2, 0) is 4.74 Å². The molecule has 1 saturated carbocycles. The summed E-state index contributed by atoms with van der Waals surface area (Å²) in [5, 5.41) is 11.0. The summed E-state index contributed by atoms with van der Waals surface area (Å²) in [6.45, 7) is 5.39. The molecule has 0 saturated heterocycles. The third-order valence-corrected chi connectivity index (χ3v) is 4.31. The van der Waals surface area contributed by atoms with Crippen molar-refractivity contribution in [3.8, 4) is 5.75 Å². The van der Waals surface area contributed by atoms with Crippen LogP contribution in [-0.4, -0.2) is 23.9 Å². The van der Waals surface area contributed by atoms with Gasteiger partial charge in [0.1, 0.15) is 11.9 Å². The maximum absolute atomic E-state index is 11.0. The molecule has 3 nitrogen and oxygen atoms in total. The molecular weight excluding hydrogens is 264 g/mol. The first-order valence-corrected chi connectivity index (χ1v) is 8.27. The molecule has 3 heteroatoms. The predicted molar refractivity (Wildman–Crippen MR) is 84.6 cm³/mol. The molecular formula is C18H28O3. The van der Waals surface area contributed by atoms with Crippen LogP contribution in [0.3, 0.4) is 0 Å². The van der Waals surface area contributed by atoms with Gasteiger partial charge in [-0.25, -0.2) is 0 Å². The van der Waals surface area contributed by atoms with E-state index in [4.69, 9.17) is 9.47 Å². The number of ether oxygens (including phenoxy) is 2. The minimum Gasteiger partial charge on any atom is -0.493 e. The smallest absolute Gasteiger partial charge is 0.125 e. The van der Waals surface area contributed by atoms with Gasteiger partial charge in [-0.1, -0.05) is 44.4 Å². The fourth-order valence-corrected chi connectivity index (χ4v) is 3.27. The van der Waals surface area contributed by atoms with Crippen LogP contribution in [0.5, 0.6) is 5.75 Å². The van der Waals surface area contributed by atoms with Gasteiger partial charge in [0.15, 0.2) is 0 Å². The zero-order chi connectivity index (χ0) is 15.1. The minimum absolute atomic E-state index is 0.446. The lowest BCUT2D eigenvalue weighted by Gasteiger charge is -2.41. The predicted octanol–water partition coefficient (Wildman–Crippen LogP) is 4.25. The Labute approximate surface area is 128 Å². The van der Waals surface area contributed by atoms with E-state index in [0.29, 0.717) is 13.2 Å². The molecule has 1 aromatic carbocycles. The maximum Gasteiger partial charge on any atom is 0.125 e. The van der Waals surface area contributed by atoms with E-state index >= 15 is 0 Å². The van der Waals surface area contributed by atoms with Crippen LogP contribution in [0.4, 0.5) is 0 Å². The van der Waals surface area contributed by atoms with Crippen LogP contribution in [0.1, 0.15) is 64.0 Å². The van der Waals surface area contributed by atoms with E-state index in [1.807, 2.05) is 31.2 Å². The standard InChI is InChI=1S/C18H28O3/c1-3-14-20-16-11-7-6-10-15(16)17(19)18(21-4-2)12-8-5-9-13-18/h6-7,10-11,17,19H,3-5,8-9,12-14H2,1-2H3. The highest BCUT2D eigenvalue weighted by atomic mass is 16.5. The summed E-state index contributed by atoms with van der Waals surface area (Å²) < 4.78 is 11.8.